The van der Waals surface area contributed by atoms with Gasteiger partial charge in [-0.3, -0.25) is 4.79 Å². The molecule has 0 bridgehead atoms. The van der Waals surface area contributed by atoms with Crippen LogP contribution in [0.2, 0.25) is 0 Å². The van der Waals surface area contributed by atoms with Crippen LogP contribution in [-0.2, 0) is 14.3 Å². The highest BCUT2D eigenvalue weighted by atomic mass is 16.5. The highest BCUT2D eigenvalue weighted by Crippen LogP contribution is 2.10. The number of nitrogens with zero attached hydrogens (tertiary/aromatic N) is 1. The summed E-state index contributed by atoms with van der Waals surface area (Å²) >= 11 is 0. The fourth-order valence-corrected chi connectivity index (χ4v) is 1.89. The van der Waals surface area contributed by atoms with Gasteiger partial charge in [0.15, 0.2) is 0 Å². The smallest absolute Gasteiger partial charge is 0.326 e. The first-order valence-electron chi connectivity index (χ1n) is 6.11. The second kappa shape index (κ2) is 6.93. The van der Waals surface area contributed by atoms with Crippen LogP contribution in [-0.4, -0.2) is 59.8 Å². The van der Waals surface area contributed by atoms with Crippen molar-refractivity contribution in [3.05, 3.63) is 0 Å². The number of hydrogen-bond acceptors (Lipinski definition) is 4. The van der Waals surface area contributed by atoms with Gasteiger partial charge in [-0.25, -0.2) is 9.59 Å². The first-order chi connectivity index (χ1) is 8.95. The molecule has 8 heteroatoms. The Morgan fingerprint density at radius 1 is 1.53 bits per heavy atom. The van der Waals surface area contributed by atoms with Crippen molar-refractivity contribution in [2.24, 2.45) is 5.73 Å². The van der Waals surface area contributed by atoms with Crippen LogP contribution in [0.4, 0.5) is 4.79 Å². The number of carbonyl (C=O) groups is 3. The van der Waals surface area contributed by atoms with E-state index in [0.29, 0.717) is 26.2 Å². The van der Waals surface area contributed by atoms with Crippen LogP contribution in [0.1, 0.15) is 19.8 Å². The molecule has 2 atom stereocenters. The van der Waals surface area contributed by atoms with Crippen LogP contribution in [0.15, 0.2) is 0 Å². The maximum atomic E-state index is 12.0. The first kappa shape index (κ1) is 15.2. The molecule has 1 unspecified atom stereocenters. The average Bonchev–Trinajstić information content (AvgIpc) is 2.37. The summed E-state index contributed by atoms with van der Waals surface area (Å²) in [4.78, 5) is 35.2. The van der Waals surface area contributed by atoms with E-state index in [9.17, 15) is 14.4 Å². The molecule has 0 aromatic heterocycles. The molecular weight excluding hydrogens is 254 g/mol. The Morgan fingerprint density at radius 2 is 2.21 bits per heavy atom. The summed E-state index contributed by atoms with van der Waals surface area (Å²) in [6, 6.07) is -1.90. The number of primary amides is 1. The van der Waals surface area contributed by atoms with Crippen molar-refractivity contribution in [2.75, 3.05) is 19.8 Å². The molecular formula is C11H19N3O5. The summed E-state index contributed by atoms with van der Waals surface area (Å²) in [5.74, 6) is -2.06. The summed E-state index contributed by atoms with van der Waals surface area (Å²) in [5, 5.41) is 11.2. The predicted molar refractivity (Wildman–Crippen MR) is 65.4 cm³/mol. The molecule has 1 aliphatic heterocycles. The van der Waals surface area contributed by atoms with Gasteiger partial charge >= 0.3 is 12.0 Å². The molecule has 1 rings (SSSR count). The quantitative estimate of drug-likeness (QED) is 0.601. The summed E-state index contributed by atoms with van der Waals surface area (Å²) in [5.41, 5.74) is 4.95. The summed E-state index contributed by atoms with van der Waals surface area (Å²) in [7, 11) is 0. The van der Waals surface area contributed by atoms with Crippen molar-refractivity contribution in [3.8, 4) is 0 Å². The lowest BCUT2D eigenvalue weighted by atomic mass is 10.1. The van der Waals surface area contributed by atoms with Crippen molar-refractivity contribution in [3.63, 3.8) is 0 Å². The van der Waals surface area contributed by atoms with Gasteiger partial charge in [0.2, 0.25) is 5.91 Å². The lowest BCUT2D eigenvalue weighted by Gasteiger charge is -2.35. The maximum Gasteiger partial charge on any atom is 0.326 e. The third kappa shape index (κ3) is 4.40. The number of morpholine rings is 1. The highest BCUT2D eigenvalue weighted by molar-refractivity contribution is 5.87. The van der Waals surface area contributed by atoms with E-state index >= 15 is 0 Å². The molecule has 4 N–H and O–H groups in total. The van der Waals surface area contributed by atoms with Gasteiger partial charge in [-0.1, -0.05) is 6.92 Å². The minimum atomic E-state index is -1.30. The number of rotatable bonds is 5. The number of ether oxygens (including phenoxy) is 1. The number of hydrogen-bond donors (Lipinski definition) is 3. The Labute approximate surface area is 110 Å². The molecule has 0 spiro atoms. The average molecular weight is 273 g/mol. The summed E-state index contributed by atoms with van der Waals surface area (Å²) in [6.07, 6.45) is 0.281. The molecule has 19 heavy (non-hydrogen) atoms. The number of aliphatic carboxylic acids is 1. The van der Waals surface area contributed by atoms with Gasteiger partial charge in [0.1, 0.15) is 6.04 Å². The van der Waals surface area contributed by atoms with Crippen LogP contribution < -0.4 is 11.1 Å². The number of carboxylic acid groups (broad SMARTS) is 1. The Hall–Kier alpha value is -1.83. The second-order valence-corrected chi connectivity index (χ2v) is 4.34. The predicted octanol–water partition coefficient (Wildman–Crippen LogP) is -0.865. The molecule has 1 fully saturated rings. The van der Waals surface area contributed by atoms with Gasteiger partial charge in [-0.15, -0.1) is 0 Å². The number of urea groups is 1. The van der Waals surface area contributed by atoms with Crippen molar-refractivity contribution in [1.82, 2.24) is 10.2 Å². The van der Waals surface area contributed by atoms with E-state index in [2.05, 4.69) is 5.32 Å². The van der Waals surface area contributed by atoms with Crippen molar-refractivity contribution in [2.45, 2.75) is 31.8 Å². The van der Waals surface area contributed by atoms with Gasteiger partial charge in [-0.2, -0.15) is 0 Å². The molecule has 1 aliphatic rings. The molecule has 1 saturated heterocycles. The van der Waals surface area contributed by atoms with E-state index in [1.54, 1.807) is 0 Å². The Bertz CT molecular complexity index is 360. The summed E-state index contributed by atoms with van der Waals surface area (Å²) < 4.78 is 5.26. The standard InChI is InChI=1S/C11H19N3O5/c1-2-7-6-19-4-3-14(7)11(18)13-8(10(16)17)5-9(12)15/h7-8H,2-6H2,1H3,(H2,12,15)(H,13,18)(H,16,17)/t7?,8-/m0/s1. The van der Waals surface area contributed by atoms with E-state index in [1.807, 2.05) is 6.92 Å². The van der Waals surface area contributed by atoms with Crippen molar-refractivity contribution < 1.29 is 24.2 Å². The van der Waals surface area contributed by atoms with Crippen LogP contribution in [0.5, 0.6) is 0 Å². The lowest BCUT2D eigenvalue weighted by Crippen LogP contribution is -2.55. The normalized spacial score (nSPS) is 20.7. The van der Waals surface area contributed by atoms with Crippen LogP contribution in [0, 0.1) is 0 Å². The Kier molecular flexibility index (Phi) is 5.56. The molecule has 8 nitrogen and oxygen atoms in total. The van der Waals surface area contributed by atoms with E-state index < -0.39 is 30.4 Å². The lowest BCUT2D eigenvalue weighted by molar-refractivity contribution is -0.141. The number of carbonyl (C=O) groups excluding carboxylic acids is 2. The molecule has 0 radical (unpaired) electrons. The SMILES string of the molecule is CCC1COCCN1C(=O)N[C@@H](CC(N)=O)C(=O)O. The minimum Gasteiger partial charge on any atom is -0.480 e. The van der Waals surface area contributed by atoms with Crippen LogP contribution in [0.25, 0.3) is 0 Å². The topological polar surface area (TPSA) is 122 Å². The molecule has 0 aliphatic carbocycles. The fraction of sp³-hybridized carbons (Fsp3) is 0.727. The van der Waals surface area contributed by atoms with E-state index in [0.717, 1.165) is 0 Å². The number of amides is 3. The molecule has 0 aromatic rings. The Morgan fingerprint density at radius 3 is 2.74 bits per heavy atom. The molecule has 3 amide bonds. The van der Waals surface area contributed by atoms with Crippen molar-refractivity contribution in [1.29, 1.82) is 0 Å². The largest absolute Gasteiger partial charge is 0.480 e. The third-order valence-corrected chi connectivity index (χ3v) is 2.96. The molecule has 0 saturated carbocycles. The fourth-order valence-electron chi connectivity index (χ4n) is 1.89. The second-order valence-electron chi connectivity index (χ2n) is 4.34. The van der Waals surface area contributed by atoms with Gasteiger partial charge in [0, 0.05) is 6.54 Å². The van der Waals surface area contributed by atoms with Crippen LogP contribution in [0.3, 0.4) is 0 Å². The van der Waals surface area contributed by atoms with Gasteiger partial charge in [-0.05, 0) is 6.42 Å². The molecule has 1 heterocycles. The van der Waals surface area contributed by atoms with E-state index in [4.69, 9.17) is 15.6 Å². The number of nitrogens with two attached hydrogens (primary N) is 1. The maximum absolute atomic E-state index is 12.0. The zero-order chi connectivity index (χ0) is 14.4. The van der Waals surface area contributed by atoms with E-state index in [-0.39, 0.29) is 6.04 Å². The zero-order valence-corrected chi connectivity index (χ0v) is 10.8. The summed E-state index contributed by atoms with van der Waals surface area (Å²) in [6.45, 7) is 3.15. The third-order valence-electron chi connectivity index (χ3n) is 2.96. The number of nitrogens with one attached hydrogen (secondary N) is 1. The molecule has 0 aromatic carbocycles. The molecule has 108 valence electrons. The van der Waals surface area contributed by atoms with Crippen molar-refractivity contribution >= 4 is 17.9 Å². The zero-order valence-electron chi connectivity index (χ0n) is 10.8. The highest BCUT2D eigenvalue weighted by Gasteiger charge is 2.29. The van der Waals surface area contributed by atoms with E-state index in [1.165, 1.54) is 4.90 Å². The minimum absolute atomic E-state index is 0.0863. The van der Waals surface area contributed by atoms with Gasteiger partial charge in [0.25, 0.3) is 0 Å². The Balaban J connectivity index is 2.64. The van der Waals surface area contributed by atoms with Crippen LogP contribution >= 0.6 is 0 Å². The van der Waals surface area contributed by atoms with Gasteiger partial charge in [0.05, 0.1) is 25.7 Å². The monoisotopic (exact) mass is 273 g/mol. The number of carboxylic acids is 1. The van der Waals surface area contributed by atoms with Gasteiger partial charge < -0.3 is 25.8 Å². The first-order valence-corrected chi connectivity index (χ1v) is 6.11.